The number of ether oxygens (including phenoxy) is 1. The lowest BCUT2D eigenvalue weighted by atomic mass is 9.85. The highest BCUT2D eigenvalue weighted by molar-refractivity contribution is 6.31. The van der Waals surface area contributed by atoms with Crippen LogP contribution in [0.2, 0.25) is 5.02 Å². The second-order valence-corrected chi connectivity index (χ2v) is 11.0. The van der Waals surface area contributed by atoms with Crippen molar-refractivity contribution in [2.24, 2.45) is 0 Å². The summed E-state index contributed by atoms with van der Waals surface area (Å²) in [6, 6.07) is 12.0. The standard InChI is InChI=1S/C30H35ClN2O5/c1-7-32(8-2)13-14-33-25(18-9-11-20(12-10-18)30(3,4)5)24(27(35)29(33)36)26(34)22-16-19-15-21(31)17-23(37-6)28(19)38-22/h9-12,15-17,25,35H,7-8,13-14H2,1-6H3. The first-order chi connectivity index (χ1) is 18.0. The summed E-state index contributed by atoms with van der Waals surface area (Å²) in [6.07, 6.45) is 0. The number of likely N-dealkylation sites (N-methyl/N-ethyl adjacent to an activating group) is 1. The van der Waals surface area contributed by atoms with Crippen molar-refractivity contribution in [3.05, 3.63) is 75.7 Å². The van der Waals surface area contributed by atoms with Gasteiger partial charge in [-0.1, -0.05) is 70.5 Å². The van der Waals surface area contributed by atoms with E-state index < -0.39 is 23.5 Å². The highest BCUT2D eigenvalue weighted by atomic mass is 35.5. The zero-order valence-corrected chi connectivity index (χ0v) is 23.6. The second kappa shape index (κ2) is 10.8. The van der Waals surface area contributed by atoms with Crippen molar-refractivity contribution in [2.75, 3.05) is 33.3 Å². The first kappa shape index (κ1) is 27.7. The summed E-state index contributed by atoms with van der Waals surface area (Å²) in [4.78, 5) is 31.0. The number of hydrogen-bond donors (Lipinski definition) is 1. The summed E-state index contributed by atoms with van der Waals surface area (Å²) < 4.78 is 11.3. The number of furan rings is 1. The molecule has 0 bridgehead atoms. The van der Waals surface area contributed by atoms with Gasteiger partial charge >= 0.3 is 0 Å². The van der Waals surface area contributed by atoms with Crippen molar-refractivity contribution < 1.29 is 23.8 Å². The predicted molar refractivity (Wildman–Crippen MR) is 149 cm³/mol. The zero-order chi connectivity index (χ0) is 27.8. The average Bonchev–Trinajstić information content (AvgIpc) is 3.42. The molecular formula is C30H35ClN2O5. The maximum Gasteiger partial charge on any atom is 0.290 e. The Labute approximate surface area is 228 Å². The third-order valence-corrected chi connectivity index (χ3v) is 7.40. The van der Waals surface area contributed by atoms with Gasteiger partial charge in [-0.2, -0.15) is 0 Å². The van der Waals surface area contributed by atoms with Crippen LogP contribution in [0, 0.1) is 0 Å². The highest BCUT2D eigenvalue weighted by Crippen LogP contribution is 2.41. The highest BCUT2D eigenvalue weighted by Gasteiger charge is 2.44. The normalized spacial score (nSPS) is 16.3. The molecule has 2 heterocycles. The van der Waals surface area contributed by atoms with E-state index in [0.717, 1.165) is 24.2 Å². The van der Waals surface area contributed by atoms with Crippen LogP contribution in [0.15, 0.2) is 58.2 Å². The van der Waals surface area contributed by atoms with E-state index in [0.29, 0.717) is 34.8 Å². The molecule has 0 spiro atoms. The fraction of sp³-hybridized carbons (Fsp3) is 0.400. The van der Waals surface area contributed by atoms with Crippen LogP contribution < -0.4 is 4.74 Å². The van der Waals surface area contributed by atoms with E-state index in [4.69, 9.17) is 20.8 Å². The van der Waals surface area contributed by atoms with E-state index in [1.165, 1.54) is 7.11 Å². The number of aliphatic hydroxyl groups is 1. The fourth-order valence-corrected chi connectivity index (χ4v) is 5.12. The van der Waals surface area contributed by atoms with Crippen LogP contribution in [0.3, 0.4) is 0 Å². The molecule has 1 aromatic heterocycles. The molecule has 0 fully saturated rings. The number of hydrogen-bond acceptors (Lipinski definition) is 6. The quantitative estimate of drug-likeness (QED) is 0.321. The van der Waals surface area contributed by atoms with Crippen LogP contribution in [-0.2, 0) is 10.2 Å². The van der Waals surface area contributed by atoms with Crippen LogP contribution >= 0.6 is 11.6 Å². The first-order valence-electron chi connectivity index (χ1n) is 12.9. The second-order valence-electron chi connectivity index (χ2n) is 10.5. The summed E-state index contributed by atoms with van der Waals surface area (Å²) >= 11 is 6.20. The van der Waals surface area contributed by atoms with Crippen molar-refractivity contribution in [3.8, 4) is 5.75 Å². The molecule has 0 radical (unpaired) electrons. The molecule has 0 aliphatic carbocycles. The maximum absolute atomic E-state index is 13.9. The van der Waals surface area contributed by atoms with Crippen molar-refractivity contribution >= 4 is 34.3 Å². The molecule has 1 atom stereocenters. The lowest BCUT2D eigenvalue weighted by Gasteiger charge is -2.29. The molecule has 3 aromatic rings. The van der Waals surface area contributed by atoms with E-state index >= 15 is 0 Å². The summed E-state index contributed by atoms with van der Waals surface area (Å²) in [7, 11) is 1.49. The molecule has 38 heavy (non-hydrogen) atoms. The van der Waals surface area contributed by atoms with Gasteiger partial charge in [-0.25, -0.2) is 0 Å². The van der Waals surface area contributed by atoms with E-state index in [1.807, 2.05) is 24.3 Å². The molecule has 2 aromatic carbocycles. The monoisotopic (exact) mass is 538 g/mol. The SMILES string of the molecule is CCN(CC)CCN1C(=O)C(O)=C(C(=O)c2cc3cc(Cl)cc(OC)c3o2)C1c1ccc(C(C)(C)C)cc1. The predicted octanol–water partition coefficient (Wildman–Crippen LogP) is 6.31. The summed E-state index contributed by atoms with van der Waals surface area (Å²) in [5, 5.41) is 12.1. The molecule has 202 valence electrons. The lowest BCUT2D eigenvalue weighted by molar-refractivity contribution is -0.129. The number of rotatable bonds is 9. The number of carbonyl (C=O) groups is 2. The number of nitrogens with zero attached hydrogens (tertiary/aromatic N) is 2. The Hall–Kier alpha value is -3.29. The molecule has 1 aliphatic heterocycles. The molecule has 1 unspecified atom stereocenters. The number of aliphatic hydroxyl groups excluding tert-OH is 1. The molecule has 1 amide bonds. The van der Waals surface area contributed by atoms with Crippen LogP contribution in [0.25, 0.3) is 11.0 Å². The van der Waals surface area contributed by atoms with Gasteiger partial charge in [0.25, 0.3) is 5.91 Å². The summed E-state index contributed by atoms with van der Waals surface area (Å²) in [6.45, 7) is 13.1. The van der Waals surface area contributed by atoms with Crippen molar-refractivity contribution in [3.63, 3.8) is 0 Å². The minimum atomic E-state index is -0.752. The Kier molecular flexibility index (Phi) is 7.90. The van der Waals surface area contributed by atoms with Gasteiger partial charge in [-0.15, -0.1) is 0 Å². The van der Waals surface area contributed by atoms with Gasteiger partial charge in [-0.05, 0) is 41.8 Å². The van der Waals surface area contributed by atoms with Crippen LogP contribution in [0.5, 0.6) is 5.75 Å². The van der Waals surface area contributed by atoms with Gasteiger partial charge < -0.3 is 24.1 Å². The van der Waals surface area contributed by atoms with E-state index in [2.05, 4.69) is 39.5 Å². The summed E-state index contributed by atoms with van der Waals surface area (Å²) in [5.41, 5.74) is 2.19. The van der Waals surface area contributed by atoms with Gasteiger partial charge in [0.2, 0.25) is 5.78 Å². The molecule has 7 nitrogen and oxygen atoms in total. The van der Waals surface area contributed by atoms with Crippen LogP contribution in [0.4, 0.5) is 0 Å². The van der Waals surface area contributed by atoms with Gasteiger partial charge in [0.1, 0.15) is 0 Å². The molecule has 4 rings (SSSR count). The average molecular weight is 539 g/mol. The van der Waals surface area contributed by atoms with Crippen LogP contribution in [0.1, 0.15) is 62.3 Å². The molecule has 1 aliphatic rings. The third-order valence-electron chi connectivity index (χ3n) is 7.18. The molecule has 8 heteroatoms. The minimum absolute atomic E-state index is 0.00201. The molecule has 0 saturated carbocycles. The maximum atomic E-state index is 13.9. The van der Waals surface area contributed by atoms with E-state index in [9.17, 15) is 14.7 Å². The fourth-order valence-electron chi connectivity index (χ4n) is 4.90. The number of carbonyl (C=O) groups excluding carboxylic acids is 2. The Balaban J connectivity index is 1.79. The molecular weight excluding hydrogens is 504 g/mol. The number of methoxy groups -OCH3 is 1. The van der Waals surface area contributed by atoms with Gasteiger partial charge in [0.15, 0.2) is 22.9 Å². The Bertz CT molecular complexity index is 1380. The number of halogens is 1. The zero-order valence-electron chi connectivity index (χ0n) is 22.8. The van der Waals surface area contributed by atoms with Crippen molar-refractivity contribution in [2.45, 2.75) is 46.1 Å². The Morgan fingerprint density at radius 3 is 2.37 bits per heavy atom. The topological polar surface area (TPSA) is 83.2 Å². The number of ketones is 1. The van der Waals surface area contributed by atoms with Gasteiger partial charge in [-0.3, -0.25) is 9.59 Å². The number of amides is 1. The number of benzene rings is 2. The number of fused-ring (bicyclic) bond motifs is 1. The summed E-state index contributed by atoms with van der Waals surface area (Å²) in [5.74, 6) is -1.29. The van der Waals surface area contributed by atoms with Gasteiger partial charge in [0, 0.05) is 29.6 Å². The van der Waals surface area contributed by atoms with Crippen LogP contribution in [-0.4, -0.2) is 59.9 Å². The van der Waals surface area contributed by atoms with Crippen molar-refractivity contribution in [1.29, 1.82) is 0 Å². The molecule has 0 saturated heterocycles. The largest absolute Gasteiger partial charge is 0.503 e. The Morgan fingerprint density at radius 1 is 1.13 bits per heavy atom. The van der Waals surface area contributed by atoms with E-state index in [1.54, 1.807) is 23.1 Å². The van der Waals surface area contributed by atoms with Gasteiger partial charge in [0.05, 0.1) is 18.7 Å². The van der Waals surface area contributed by atoms with E-state index in [-0.39, 0.29) is 16.7 Å². The minimum Gasteiger partial charge on any atom is -0.503 e. The smallest absolute Gasteiger partial charge is 0.290 e. The first-order valence-corrected chi connectivity index (χ1v) is 13.3. The molecule has 1 N–H and O–H groups in total. The Morgan fingerprint density at radius 2 is 1.79 bits per heavy atom. The number of Topliss-reactive ketones (excluding diaryl/α,β-unsaturated/α-hetero) is 1. The lowest BCUT2D eigenvalue weighted by Crippen LogP contribution is -2.38. The third kappa shape index (κ3) is 5.18. The van der Waals surface area contributed by atoms with Crippen molar-refractivity contribution in [1.82, 2.24) is 9.80 Å².